The van der Waals surface area contributed by atoms with Crippen molar-refractivity contribution in [2.45, 2.75) is 12.2 Å². The van der Waals surface area contributed by atoms with Crippen LogP contribution in [-0.2, 0) is 0 Å². The average Bonchev–Trinajstić information content (AvgIpc) is 2.75. The van der Waals surface area contributed by atoms with E-state index in [0.717, 1.165) is 22.8 Å². The molecule has 2 aromatic rings. The van der Waals surface area contributed by atoms with Gasteiger partial charge in [-0.05, 0) is 17.5 Å². The van der Waals surface area contributed by atoms with Gasteiger partial charge in [-0.2, -0.15) is 0 Å². The summed E-state index contributed by atoms with van der Waals surface area (Å²) < 4.78 is 0. The second kappa shape index (κ2) is 4.37. The maximum absolute atomic E-state index is 4.47. The maximum Gasteiger partial charge on any atom is 0.161 e. The second-order valence-corrected chi connectivity index (χ2v) is 5.53. The zero-order valence-corrected chi connectivity index (χ0v) is 10.4. The minimum atomic E-state index is 0.575. The molecule has 0 amide bonds. The second-order valence-electron chi connectivity index (χ2n) is 4.10. The molecule has 1 atom stereocenters. The number of anilines is 1. The summed E-state index contributed by atoms with van der Waals surface area (Å²) in [5.74, 6) is 0. The summed E-state index contributed by atoms with van der Waals surface area (Å²) in [5, 5.41) is 7.30. The fraction of sp³-hybridized carbons (Fsp3) is 0.231. The molecule has 1 aliphatic heterocycles. The molecular formula is C13H13N3S. The minimum Gasteiger partial charge on any atom is -0.334 e. The van der Waals surface area contributed by atoms with Crippen LogP contribution in [0.25, 0.3) is 10.8 Å². The normalized spacial score (nSPS) is 19.4. The predicted octanol–water partition coefficient (Wildman–Crippen LogP) is 3.14. The molecule has 1 N–H and O–H groups in total. The van der Waals surface area contributed by atoms with Crippen molar-refractivity contribution < 1.29 is 0 Å². The molecule has 0 fully saturated rings. The van der Waals surface area contributed by atoms with E-state index in [9.17, 15) is 0 Å². The fourth-order valence-corrected chi connectivity index (χ4v) is 2.73. The molecular weight excluding hydrogens is 230 g/mol. The molecule has 0 saturated carbocycles. The summed E-state index contributed by atoms with van der Waals surface area (Å²) in [6.07, 6.45) is 3.71. The Morgan fingerprint density at radius 1 is 1.35 bits per heavy atom. The first-order valence-corrected chi connectivity index (χ1v) is 6.52. The SMILES string of the molecule is CC1CN=C(Nc2cccc3ccncc23)S1. The highest BCUT2D eigenvalue weighted by molar-refractivity contribution is 8.15. The van der Waals surface area contributed by atoms with Crippen LogP contribution in [0.5, 0.6) is 0 Å². The van der Waals surface area contributed by atoms with E-state index in [-0.39, 0.29) is 0 Å². The van der Waals surface area contributed by atoms with E-state index in [1.165, 1.54) is 5.39 Å². The third kappa shape index (κ3) is 2.13. The van der Waals surface area contributed by atoms with E-state index in [1.54, 1.807) is 11.8 Å². The monoisotopic (exact) mass is 243 g/mol. The number of rotatable bonds is 1. The van der Waals surface area contributed by atoms with Crippen LogP contribution in [0.1, 0.15) is 6.92 Å². The van der Waals surface area contributed by atoms with Crippen molar-refractivity contribution in [2.24, 2.45) is 4.99 Å². The van der Waals surface area contributed by atoms with E-state index >= 15 is 0 Å². The van der Waals surface area contributed by atoms with Crippen molar-refractivity contribution in [1.29, 1.82) is 0 Å². The van der Waals surface area contributed by atoms with Crippen LogP contribution in [0.3, 0.4) is 0 Å². The molecule has 3 rings (SSSR count). The molecule has 0 radical (unpaired) electrons. The molecule has 2 heterocycles. The van der Waals surface area contributed by atoms with Crippen LogP contribution in [0.15, 0.2) is 41.7 Å². The summed E-state index contributed by atoms with van der Waals surface area (Å²) >= 11 is 1.79. The van der Waals surface area contributed by atoms with Crippen molar-refractivity contribution in [3.05, 3.63) is 36.7 Å². The molecule has 0 aliphatic carbocycles. The molecule has 4 heteroatoms. The Morgan fingerprint density at radius 3 is 3.12 bits per heavy atom. The number of nitrogens with zero attached hydrogens (tertiary/aromatic N) is 2. The summed E-state index contributed by atoms with van der Waals surface area (Å²) in [4.78, 5) is 8.64. The maximum atomic E-state index is 4.47. The Balaban J connectivity index is 1.95. The predicted molar refractivity (Wildman–Crippen MR) is 74.7 cm³/mol. The molecule has 17 heavy (non-hydrogen) atoms. The van der Waals surface area contributed by atoms with Crippen LogP contribution in [0.4, 0.5) is 5.69 Å². The zero-order chi connectivity index (χ0) is 11.7. The minimum absolute atomic E-state index is 0.575. The van der Waals surface area contributed by atoms with Gasteiger partial charge in [0.05, 0.1) is 6.54 Å². The molecule has 0 bridgehead atoms. The summed E-state index contributed by atoms with van der Waals surface area (Å²) in [7, 11) is 0. The molecule has 0 spiro atoms. The first kappa shape index (κ1) is 10.6. The molecule has 1 aromatic heterocycles. The van der Waals surface area contributed by atoms with Crippen molar-refractivity contribution in [1.82, 2.24) is 4.98 Å². The molecule has 1 aromatic carbocycles. The van der Waals surface area contributed by atoms with Gasteiger partial charge >= 0.3 is 0 Å². The first-order valence-electron chi connectivity index (χ1n) is 5.64. The Hall–Kier alpha value is -1.55. The van der Waals surface area contributed by atoms with Crippen molar-refractivity contribution in [3.8, 4) is 0 Å². The Morgan fingerprint density at radius 2 is 2.29 bits per heavy atom. The van der Waals surface area contributed by atoms with Gasteiger partial charge < -0.3 is 5.32 Å². The van der Waals surface area contributed by atoms with Gasteiger partial charge in [-0.15, -0.1) is 0 Å². The van der Waals surface area contributed by atoms with E-state index in [2.05, 4.69) is 34.3 Å². The number of benzene rings is 1. The highest BCUT2D eigenvalue weighted by Crippen LogP contribution is 2.26. The fourth-order valence-electron chi connectivity index (χ4n) is 1.88. The van der Waals surface area contributed by atoms with E-state index in [1.807, 2.05) is 24.5 Å². The number of aliphatic imine (C=N–C) groups is 1. The largest absolute Gasteiger partial charge is 0.334 e. The van der Waals surface area contributed by atoms with Gasteiger partial charge in [0.2, 0.25) is 0 Å². The lowest BCUT2D eigenvalue weighted by Gasteiger charge is -2.08. The van der Waals surface area contributed by atoms with Crippen molar-refractivity contribution >= 4 is 33.4 Å². The van der Waals surface area contributed by atoms with Gasteiger partial charge in [-0.1, -0.05) is 30.8 Å². The lowest BCUT2D eigenvalue weighted by molar-refractivity contribution is 0.976. The van der Waals surface area contributed by atoms with Gasteiger partial charge in [-0.25, -0.2) is 0 Å². The number of nitrogens with one attached hydrogen (secondary N) is 1. The van der Waals surface area contributed by atoms with Crippen LogP contribution >= 0.6 is 11.8 Å². The summed E-state index contributed by atoms with van der Waals surface area (Å²) in [6.45, 7) is 3.09. The highest BCUT2D eigenvalue weighted by Gasteiger charge is 2.15. The number of pyridine rings is 1. The van der Waals surface area contributed by atoms with E-state index in [4.69, 9.17) is 0 Å². The lowest BCUT2D eigenvalue weighted by Crippen LogP contribution is -2.06. The van der Waals surface area contributed by atoms with E-state index in [0.29, 0.717) is 5.25 Å². The third-order valence-corrected chi connectivity index (χ3v) is 3.74. The quantitative estimate of drug-likeness (QED) is 0.836. The molecule has 3 nitrogen and oxygen atoms in total. The van der Waals surface area contributed by atoms with Gasteiger partial charge in [0, 0.05) is 28.7 Å². The molecule has 86 valence electrons. The van der Waals surface area contributed by atoms with E-state index < -0.39 is 0 Å². The lowest BCUT2D eigenvalue weighted by atomic mass is 10.1. The Kier molecular flexibility index (Phi) is 2.73. The summed E-state index contributed by atoms with van der Waals surface area (Å²) in [5.41, 5.74) is 1.08. The average molecular weight is 243 g/mol. The topological polar surface area (TPSA) is 37.3 Å². The number of hydrogen-bond donors (Lipinski definition) is 1. The van der Waals surface area contributed by atoms with Crippen LogP contribution in [0.2, 0.25) is 0 Å². The van der Waals surface area contributed by atoms with Crippen LogP contribution in [-0.4, -0.2) is 21.9 Å². The number of aromatic nitrogens is 1. The number of amidine groups is 1. The first-order chi connectivity index (χ1) is 8.33. The van der Waals surface area contributed by atoms with Gasteiger partial charge in [0.25, 0.3) is 0 Å². The zero-order valence-electron chi connectivity index (χ0n) is 9.55. The highest BCUT2D eigenvalue weighted by atomic mass is 32.2. The summed E-state index contributed by atoms with van der Waals surface area (Å²) in [6, 6.07) is 8.23. The van der Waals surface area contributed by atoms with Gasteiger partial charge in [0.1, 0.15) is 0 Å². The smallest absolute Gasteiger partial charge is 0.161 e. The van der Waals surface area contributed by atoms with Crippen molar-refractivity contribution in [2.75, 3.05) is 11.9 Å². The number of hydrogen-bond acceptors (Lipinski definition) is 4. The third-order valence-electron chi connectivity index (χ3n) is 2.73. The Labute approximate surface area is 104 Å². The molecule has 0 saturated heterocycles. The number of thioether (sulfide) groups is 1. The van der Waals surface area contributed by atoms with Gasteiger partial charge in [0.15, 0.2) is 5.17 Å². The van der Waals surface area contributed by atoms with Crippen LogP contribution in [0, 0.1) is 0 Å². The van der Waals surface area contributed by atoms with Crippen molar-refractivity contribution in [3.63, 3.8) is 0 Å². The van der Waals surface area contributed by atoms with Gasteiger partial charge in [-0.3, -0.25) is 9.98 Å². The standard InChI is InChI=1S/C13H13N3S/c1-9-7-15-13(17-9)16-12-4-2-3-10-5-6-14-8-11(10)12/h2-6,8-9H,7H2,1H3,(H,15,16). The molecule has 1 aliphatic rings. The number of fused-ring (bicyclic) bond motifs is 1. The molecule has 1 unspecified atom stereocenters. The Bertz CT molecular complexity index is 574. The van der Waals surface area contributed by atoms with Crippen LogP contribution < -0.4 is 5.32 Å².